The van der Waals surface area contributed by atoms with Crippen molar-refractivity contribution < 1.29 is 19.0 Å². The van der Waals surface area contributed by atoms with Gasteiger partial charge < -0.3 is 19.9 Å². The molecule has 0 bridgehead atoms. The van der Waals surface area contributed by atoms with E-state index in [-0.39, 0.29) is 30.5 Å². The van der Waals surface area contributed by atoms with Crippen molar-refractivity contribution in [3.63, 3.8) is 0 Å². The van der Waals surface area contributed by atoms with Crippen molar-refractivity contribution in [2.45, 2.75) is 20.5 Å². The van der Waals surface area contributed by atoms with Crippen LogP contribution in [0.1, 0.15) is 16.8 Å². The highest BCUT2D eigenvalue weighted by atomic mass is 35.5. The second-order valence-corrected chi connectivity index (χ2v) is 7.60. The van der Waals surface area contributed by atoms with Crippen molar-refractivity contribution in [1.29, 1.82) is 0 Å². The lowest BCUT2D eigenvalue weighted by Gasteiger charge is -2.14. The van der Waals surface area contributed by atoms with Crippen molar-refractivity contribution in [3.8, 4) is 17.2 Å². The number of halogens is 3. The van der Waals surface area contributed by atoms with E-state index in [1.165, 1.54) is 25.6 Å². The molecule has 0 saturated heterocycles. The van der Waals surface area contributed by atoms with Gasteiger partial charge in [0.05, 0.1) is 18.3 Å². The number of aryl methyl sites for hydroxylation is 2. The number of phenols is 1. The van der Waals surface area contributed by atoms with Crippen molar-refractivity contribution in [2.75, 3.05) is 12.4 Å². The molecule has 33 heavy (non-hydrogen) atoms. The van der Waals surface area contributed by atoms with E-state index in [9.17, 15) is 9.50 Å². The van der Waals surface area contributed by atoms with Gasteiger partial charge in [0.2, 0.25) is 0 Å². The maximum atomic E-state index is 14.4. The third-order valence-corrected chi connectivity index (χ3v) is 5.03. The minimum atomic E-state index is -0.509. The number of phenolic OH excluding ortho intramolecular Hbond substituents is 1. The number of methoxy groups -OCH3 is 1. The summed E-state index contributed by atoms with van der Waals surface area (Å²) in [7, 11) is 1.52. The minimum Gasteiger partial charge on any atom is -0.508 e. The summed E-state index contributed by atoms with van der Waals surface area (Å²) < 4.78 is 25.8. The van der Waals surface area contributed by atoms with E-state index in [1.807, 2.05) is 13.0 Å². The molecule has 0 amide bonds. The molecule has 4 rings (SSSR count). The molecular formula is C23H21Cl2FN4O3. The number of aromatic hydroxyl groups is 1. The van der Waals surface area contributed by atoms with Crippen LogP contribution in [-0.4, -0.2) is 27.2 Å². The van der Waals surface area contributed by atoms with Gasteiger partial charge >= 0.3 is 0 Å². The summed E-state index contributed by atoms with van der Waals surface area (Å²) in [6.07, 6.45) is 1.36. The number of hydrogen-bond acceptors (Lipinski definition) is 7. The Bertz CT molecular complexity index is 1300. The summed E-state index contributed by atoms with van der Waals surface area (Å²) in [5.41, 5.74) is 2.76. The van der Waals surface area contributed by atoms with Gasteiger partial charge in [0.15, 0.2) is 11.5 Å². The Labute approximate surface area is 201 Å². The van der Waals surface area contributed by atoms with Crippen molar-refractivity contribution in [1.82, 2.24) is 15.0 Å². The molecule has 10 heteroatoms. The molecule has 0 unspecified atom stereocenters. The number of hydrogen-bond donors (Lipinski definition) is 2. The van der Waals surface area contributed by atoms with Gasteiger partial charge in [0.25, 0.3) is 0 Å². The van der Waals surface area contributed by atoms with Crippen molar-refractivity contribution >= 4 is 46.4 Å². The molecule has 0 radical (unpaired) electrons. The first-order chi connectivity index (χ1) is 15.3. The SMILES string of the molecule is COc1cc2c(Nc3cc(O)c(C)cc3F)ncnc2cc1OCc1cc(C)nc(Cl)c1.Cl. The first-order valence-corrected chi connectivity index (χ1v) is 10.1. The third kappa shape index (κ3) is 5.35. The number of anilines is 2. The van der Waals surface area contributed by atoms with E-state index in [4.69, 9.17) is 21.1 Å². The van der Waals surface area contributed by atoms with Crippen LogP contribution in [0.15, 0.2) is 42.7 Å². The maximum Gasteiger partial charge on any atom is 0.163 e. The van der Waals surface area contributed by atoms with Crippen LogP contribution >= 0.6 is 24.0 Å². The van der Waals surface area contributed by atoms with Gasteiger partial charge in [-0.1, -0.05) is 11.6 Å². The average molecular weight is 491 g/mol. The lowest BCUT2D eigenvalue weighted by Crippen LogP contribution is -2.02. The summed E-state index contributed by atoms with van der Waals surface area (Å²) >= 11 is 6.02. The molecule has 0 aliphatic heterocycles. The monoisotopic (exact) mass is 490 g/mol. The topological polar surface area (TPSA) is 89.4 Å². The van der Waals surface area contributed by atoms with Gasteiger partial charge in [-0.3, -0.25) is 0 Å². The second kappa shape index (κ2) is 10.1. The van der Waals surface area contributed by atoms with Gasteiger partial charge in [-0.2, -0.15) is 0 Å². The van der Waals surface area contributed by atoms with E-state index in [1.54, 1.807) is 25.1 Å². The van der Waals surface area contributed by atoms with Crippen molar-refractivity contribution in [2.24, 2.45) is 0 Å². The van der Waals surface area contributed by atoms with Crippen LogP contribution < -0.4 is 14.8 Å². The first kappa shape index (κ1) is 24.3. The highest BCUT2D eigenvalue weighted by molar-refractivity contribution is 6.29. The minimum absolute atomic E-state index is 0. The second-order valence-electron chi connectivity index (χ2n) is 7.21. The number of rotatable bonds is 6. The molecular weight excluding hydrogens is 470 g/mol. The molecule has 0 aliphatic rings. The largest absolute Gasteiger partial charge is 0.508 e. The molecule has 4 aromatic rings. The number of fused-ring (bicyclic) bond motifs is 1. The summed E-state index contributed by atoms with van der Waals surface area (Å²) in [5.74, 6) is 0.768. The zero-order valence-electron chi connectivity index (χ0n) is 18.0. The zero-order valence-corrected chi connectivity index (χ0v) is 19.6. The van der Waals surface area contributed by atoms with E-state index in [0.29, 0.717) is 38.9 Å². The Hall–Kier alpha value is -3.36. The fourth-order valence-corrected chi connectivity index (χ4v) is 3.53. The fraction of sp³-hybridized carbons (Fsp3) is 0.174. The van der Waals surface area contributed by atoms with E-state index in [0.717, 1.165) is 11.3 Å². The molecule has 0 aliphatic carbocycles. The lowest BCUT2D eigenvalue weighted by atomic mass is 10.1. The predicted octanol–water partition coefficient (Wildman–Crippen LogP) is 5.89. The molecule has 2 heterocycles. The molecule has 0 atom stereocenters. The highest BCUT2D eigenvalue weighted by Crippen LogP contribution is 2.36. The van der Waals surface area contributed by atoms with Gasteiger partial charge in [-0.15, -0.1) is 12.4 Å². The molecule has 2 aromatic carbocycles. The van der Waals surface area contributed by atoms with E-state index in [2.05, 4.69) is 20.3 Å². The van der Waals surface area contributed by atoms with Crippen molar-refractivity contribution in [3.05, 3.63) is 70.5 Å². The van der Waals surface area contributed by atoms with Crippen LogP contribution in [0.5, 0.6) is 17.2 Å². The molecule has 7 nitrogen and oxygen atoms in total. The normalized spacial score (nSPS) is 10.6. The van der Waals surface area contributed by atoms with Gasteiger partial charge in [0, 0.05) is 23.2 Å². The van der Waals surface area contributed by atoms with Crippen LogP contribution in [0.25, 0.3) is 10.9 Å². The summed E-state index contributed by atoms with van der Waals surface area (Å²) in [6.45, 7) is 3.74. The predicted molar refractivity (Wildman–Crippen MR) is 128 cm³/mol. The Kier molecular flexibility index (Phi) is 7.40. The molecule has 0 spiro atoms. The van der Waals surface area contributed by atoms with E-state index < -0.39 is 5.82 Å². The number of pyridine rings is 1. The summed E-state index contributed by atoms with van der Waals surface area (Å²) in [5, 5.41) is 13.8. The summed E-state index contributed by atoms with van der Waals surface area (Å²) in [4.78, 5) is 12.7. The Morgan fingerprint density at radius 3 is 2.58 bits per heavy atom. The Balaban J connectivity index is 0.00000306. The first-order valence-electron chi connectivity index (χ1n) is 9.69. The fourth-order valence-electron chi connectivity index (χ4n) is 3.26. The molecule has 172 valence electrons. The van der Waals surface area contributed by atoms with Crippen LogP contribution in [0.2, 0.25) is 5.15 Å². The maximum absolute atomic E-state index is 14.4. The number of aromatic nitrogens is 3. The Morgan fingerprint density at radius 2 is 1.85 bits per heavy atom. The van der Waals surface area contributed by atoms with Crippen LogP contribution in [0, 0.1) is 19.7 Å². The van der Waals surface area contributed by atoms with Crippen LogP contribution in [0.3, 0.4) is 0 Å². The lowest BCUT2D eigenvalue weighted by molar-refractivity contribution is 0.285. The quantitative estimate of drug-likeness (QED) is 0.325. The molecule has 0 fully saturated rings. The molecule has 2 aromatic heterocycles. The highest BCUT2D eigenvalue weighted by Gasteiger charge is 2.14. The Morgan fingerprint density at radius 1 is 1.06 bits per heavy atom. The number of nitrogens with zero attached hydrogens (tertiary/aromatic N) is 3. The zero-order chi connectivity index (χ0) is 22.8. The number of ether oxygens (including phenoxy) is 2. The third-order valence-electron chi connectivity index (χ3n) is 4.84. The standard InChI is InChI=1S/C23H20ClFN4O3.ClH/c1-12-4-16(25)18(8-19(12)30)29-23-15-7-20(31-3)21(9-17(15)26-11-27-23)32-10-14-5-13(2)28-22(24)6-14;/h4-9,11,30H,10H2,1-3H3,(H,26,27,29);1H. The molecule has 0 saturated carbocycles. The summed E-state index contributed by atoms with van der Waals surface area (Å²) in [6, 6.07) is 9.62. The number of nitrogens with one attached hydrogen (secondary N) is 1. The van der Waals surface area contributed by atoms with E-state index >= 15 is 0 Å². The molecule has 2 N–H and O–H groups in total. The smallest absolute Gasteiger partial charge is 0.163 e. The van der Waals surface area contributed by atoms with Gasteiger partial charge in [-0.05, 0) is 49.2 Å². The van der Waals surface area contributed by atoms with Gasteiger partial charge in [-0.25, -0.2) is 19.3 Å². The van der Waals surface area contributed by atoms with Crippen LogP contribution in [-0.2, 0) is 6.61 Å². The average Bonchev–Trinajstić information content (AvgIpc) is 2.75. The van der Waals surface area contributed by atoms with Gasteiger partial charge in [0.1, 0.15) is 35.5 Å². The number of benzene rings is 2. The van der Waals surface area contributed by atoms with Crippen LogP contribution in [0.4, 0.5) is 15.9 Å².